The van der Waals surface area contributed by atoms with Crippen LogP contribution in [0.2, 0.25) is 0 Å². The second kappa shape index (κ2) is 4.44. The van der Waals surface area contributed by atoms with E-state index in [-0.39, 0.29) is 5.69 Å². The molecule has 0 amide bonds. The Bertz CT molecular complexity index is 879. The zero-order valence-electron chi connectivity index (χ0n) is 11.7. The molecule has 0 saturated carbocycles. The molecule has 1 aliphatic rings. The van der Waals surface area contributed by atoms with Crippen molar-refractivity contribution in [1.82, 2.24) is 19.6 Å². The Labute approximate surface area is 121 Å². The van der Waals surface area contributed by atoms with Crippen LogP contribution < -0.4 is 10.6 Å². The number of hydrogen-bond donors (Lipinski definition) is 1. The Morgan fingerprint density at radius 3 is 2.90 bits per heavy atom. The van der Waals surface area contributed by atoms with Gasteiger partial charge in [0.25, 0.3) is 0 Å². The van der Waals surface area contributed by atoms with Gasteiger partial charge in [-0.25, -0.2) is 19.3 Å². The highest BCUT2D eigenvalue weighted by Gasteiger charge is 2.20. The predicted octanol–water partition coefficient (Wildman–Crippen LogP) is 1.29. The molecule has 0 saturated heterocycles. The van der Waals surface area contributed by atoms with Gasteiger partial charge in [0.05, 0.1) is 0 Å². The molecule has 2 aromatic heterocycles. The fourth-order valence-electron chi connectivity index (χ4n) is 2.90. The number of aryl methyl sites for hydroxylation is 1. The number of nitrogens with zero attached hydrogens (tertiary/aromatic N) is 4. The molecule has 0 fully saturated rings. The van der Waals surface area contributed by atoms with Crippen molar-refractivity contribution >= 4 is 11.6 Å². The number of H-pyrrole nitrogens is 1. The van der Waals surface area contributed by atoms with Gasteiger partial charge in [0.1, 0.15) is 0 Å². The summed E-state index contributed by atoms with van der Waals surface area (Å²) >= 11 is 0. The van der Waals surface area contributed by atoms with E-state index in [0.29, 0.717) is 11.6 Å². The van der Waals surface area contributed by atoms with Gasteiger partial charge in [-0.1, -0.05) is 24.3 Å². The zero-order valence-corrected chi connectivity index (χ0v) is 11.7. The van der Waals surface area contributed by atoms with E-state index in [1.165, 1.54) is 11.1 Å². The number of nitrogens with one attached hydrogen (secondary N) is 1. The minimum absolute atomic E-state index is 0.244. The van der Waals surface area contributed by atoms with Crippen LogP contribution in [0.15, 0.2) is 35.1 Å². The predicted molar refractivity (Wildman–Crippen MR) is 79.5 cm³/mol. The molecule has 4 rings (SSSR count). The molecule has 0 bridgehead atoms. The largest absolute Gasteiger partial charge is 0.350 e. The van der Waals surface area contributed by atoms with Crippen LogP contribution in [0.3, 0.4) is 0 Å². The molecule has 1 aliphatic heterocycles. The van der Waals surface area contributed by atoms with Crippen LogP contribution in [-0.2, 0) is 13.0 Å². The van der Waals surface area contributed by atoms with Crippen LogP contribution in [0.1, 0.15) is 16.8 Å². The van der Waals surface area contributed by atoms with Crippen molar-refractivity contribution in [3.63, 3.8) is 0 Å². The van der Waals surface area contributed by atoms with Crippen LogP contribution in [0.25, 0.3) is 5.65 Å². The molecular formula is C15H15N5O. The van der Waals surface area contributed by atoms with E-state index in [1.807, 2.05) is 13.0 Å². The third kappa shape index (κ3) is 1.91. The van der Waals surface area contributed by atoms with E-state index in [1.54, 1.807) is 10.5 Å². The monoisotopic (exact) mass is 281 g/mol. The van der Waals surface area contributed by atoms with Crippen molar-refractivity contribution < 1.29 is 0 Å². The van der Waals surface area contributed by atoms with Gasteiger partial charge in [-0.15, -0.1) is 0 Å². The van der Waals surface area contributed by atoms with Gasteiger partial charge in [-0.2, -0.15) is 5.10 Å². The summed E-state index contributed by atoms with van der Waals surface area (Å²) in [4.78, 5) is 18.7. The van der Waals surface area contributed by atoms with Gasteiger partial charge in [-0.05, 0) is 24.5 Å². The quantitative estimate of drug-likeness (QED) is 0.730. The number of fused-ring (bicyclic) bond motifs is 2. The van der Waals surface area contributed by atoms with Crippen LogP contribution in [0, 0.1) is 6.92 Å². The lowest BCUT2D eigenvalue weighted by atomic mass is 10.0. The Balaban J connectivity index is 1.85. The van der Waals surface area contributed by atoms with Gasteiger partial charge in [0, 0.05) is 24.8 Å². The smallest absolute Gasteiger partial charge is 0.337 e. The molecule has 0 unspecified atom stereocenters. The number of aromatic nitrogens is 4. The van der Waals surface area contributed by atoms with E-state index >= 15 is 0 Å². The minimum Gasteiger partial charge on any atom is -0.337 e. The molecular weight excluding hydrogens is 266 g/mol. The highest BCUT2D eigenvalue weighted by atomic mass is 16.1. The maximum atomic E-state index is 12.0. The summed E-state index contributed by atoms with van der Waals surface area (Å²) in [5.41, 5.74) is 3.89. The lowest BCUT2D eigenvalue weighted by molar-refractivity contribution is 0.696. The number of rotatable bonds is 1. The van der Waals surface area contributed by atoms with E-state index in [4.69, 9.17) is 0 Å². The summed E-state index contributed by atoms with van der Waals surface area (Å²) in [7, 11) is 0. The number of benzene rings is 1. The summed E-state index contributed by atoms with van der Waals surface area (Å²) in [6, 6.07) is 10.2. The molecule has 0 radical (unpaired) electrons. The van der Waals surface area contributed by atoms with Crippen LogP contribution in [0.5, 0.6) is 0 Å². The summed E-state index contributed by atoms with van der Waals surface area (Å²) in [5, 5.41) is 6.53. The molecule has 6 heteroatoms. The molecule has 1 aromatic carbocycles. The van der Waals surface area contributed by atoms with Crippen LogP contribution >= 0.6 is 0 Å². The number of aromatic amines is 1. The molecule has 0 atom stereocenters. The Kier molecular flexibility index (Phi) is 2.57. The van der Waals surface area contributed by atoms with Gasteiger partial charge in [-0.3, -0.25) is 0 Å². The fraction of sp³-hybridized carbons (Fsp3) is 0.267. The summed E-state index contributed by atoms with van der Waals surface area (Å²) in [6.45, 7) is 3.53. The topological polar surface area (TPSA) is 66.3 Å². The minimum atomic E-state index is -0.244. The lowest BCUT2D eigenvalue weighted by Gasteiger charge is -2.29. The maximum absolute atomic E-state index is 12.0. The molecule has 106 valence electrons. The first-order valence-electron chi connectivity index (χ1n) is 6.99. The van der Waals surface area contributed by atoms with Crippen molar-refractivity contribution in [2.45, 2.75) is 19.9 Å². The third-order valence-corrected chi connectivity index (χ3v) is 3.93. The first kappa shape index (κ1) is 12.1. The summed E-state index contributed by atoms with van der Waals surface area (Å²) in [5.74, 6) is 0.665. The SMILES string of the molecule is Cc1cc2n[nH]c(=O)n2c(N2CCc3ccccc3C2)n1. The second-order valence-electron chi connectivity index (χ2n) is 5.36. The molecule has 1 N–H and O–H groups in total. The first-order valence-corrected chi connectivity index (χ1v) is 6.99. The van der Waals surface area contributed by atoms with Gasteiger partial charge < -0.3 is 4.90 Å². The molecule has 0 spiro atoms. The number of hydrogen-bond acceptors (Lipinski definition) is 4. The van der Waals surface area contributed by atoms with Crippen molar-refractivity contribution in [2.75, 3.05) is 11.4 Å². The van der Waals surface area contributed by atoms with Crippen LogP contribution in [0.4, 0.5) is 5.95 Å². The van der Waals surface area contributed by atoms with Gasteiger partial charge >= 0.3 is 5.69 Å². The van der Waals surface area contributed by atoms with Crippen molar-refractivity contribution in [2.24, 2.45) is 0 Å². The van der Waals surface area contributed by atoms with E-state index < -0.39 is 0 Å². The van der Waals surface area contributed by atoms with E-state index in [2.05, 4.69) is 38.3 Å². The normalized spacial score (nSPS) is 14.4. The van der Waals surface area contributed by atoms with Gasteiger partial charge in [0.2, 0.25) is 5.95 Å². The lowest BCUT2D eigenvalue weighted by Crippen LogP contribution is -2.34. The average Bonchev–Trinajstić information content (AvgIpc) is 2.87. The molecule has 0 aliphatic carbocycles. The molecule has 3 heterocycles. The zero-order chi connectivity index (χ0) is 14.4. The summed E-state index contributed by atoms with van der Waals surface area (Å²) in [6.07, 6.45) is 0.958. The van der Waals surface area contributed by atoms with Crippen molar-refractivity contribution in [1.29, 1.82) is 0 Å². The molecule has 21 heavy (non-hydrogen) atoms. The second-order valence-corrected chi connectivity index (χ2v) is 5.36. The van der Waals surface area contributed by atoms with Crippen molar-refractivity contribution in [3.05, 3.63) is 57.6 Å². The molecule has 6 nitrogen and oxygen atoms in total. The van der Waals surface area contributed by atoms with Crippen LogP contribution in [-0.4, -0.2) is 26.1 Å². The highest BCUT2D eigenvalue weighted by molar-refractivity contribution is 5.49. The van der Waals surface area contributed by atoms with Crippen molar-refractivity contribution in [3.8, 4) is 0 Å². The highest BCUT2D eigenvalue weighted by Crippen LogP contribution is 2.23. The Hall–Kier alpha value is -2.63. The first-order chi connectivity index (χ1) is 10.2. The van der Waals surface area contributed by atoms with E-state index in [9.17, 15) is 4.79 Å². The standard InChI is InChI=1S/C15H15N5O/c1-10-8-13-17-18-15(21)20(13)14(16-10)19-7-6-11-4-2-3-5-12(11)9-19/h2-5,8H,6-7,9H2,1H3,(H,18,21). The number of anilines is 1. The average molecular weight is 281 g/mol. The van der Waals surface area contributed by atoms with Gasteiger partial charge in [0.15, 0.2) is 5.65 Å². The Morgan fingerprint density at radius 2 is 2.05 bits per heavy atom. The summed E-state index contributed by atoms with van der Waals surface area (Å²) < 4.78 is 1.54. The van der Waals surface area contributed by atoms with E-state index in [0.717, 1.165) is 25.2 Å². The maximum Gasteiger partial charge on any atom is 0.350 e. The fourth-order valence-corrected chi connectivity index (χ4v) is 2.90. The molecule has 3 aromatic rings. The Morgan fingerprint density at radius 1 is 1.24 bits per heavy atom. The third-order valence-electron chi connectivity index (χ3n) is 3.93.